The molecule has 2 rings (SSSR count). The van der Waals surface area contributed by atoms with E-state index < -0.39 is 0 Å². The lowest BCUT2D eigenvalue weighted by Gasteiger charge is -1.99. The highest BCUT2D eigenvalue weighted by molar-refractivity contribution is 5.88. The van der Waals surface area contributed by atoms with Gasteiger partial charge in [0, 0.05) is 6.92 Å². The third kappa shape index (κ3) is 1.73. The van der Waals surface area contributed by atoms with Gasteiger partial charge in [-0.25, -0.2) is 0 Å². The van der Waals surface area contributed by atoms with Gasteiger partial charge in [-0.1, -0.05) is 11.6 Å². The van der Waals surface area contributed by atoms with Gasteiger partial charge >= 0.3 is 5.97 Å². The van der Waals surface area contributed by atoms with E-state index in [1.54, 1.807) is 6.92 Å². The van der Waals surface area contributed by atoms with Crippen molar-refractivity contribution in [2.75, 3.05) is 0 Å². The van der Waals surface area contributed by atoms with Gasteiger partial charge in [-0.15, -0.1) is 0 Å². The van der Waals surface area contributed by atoms with Crippen molar-refractivity contribution < 1.29 is 13.9 Å². The van der Waals surface area contributed by atoms with E-state index in [1.165, 1.54) is 6.92 Å². The topological polar surface area (TPSA) is 39.4 Å². The Labute approximate surface area is 87.6 Å². The first kappa shape index (κ1) is 9.77. The third-order valence-electron chi connectivity index (χ3n) is 2.21. The summed E-state index contributed by atoms with van der Waals surface area (Å²) >= 11 is 0. The van der Waals surface area contributed by atoms with Crippen molar-refractivity contribution in [2.24, 2.45) is 0 Å². The number of ether oxygens (including phenoxy) is 1. The maximum atomic E-state index is 10.9. The van der Waals surface area contributed by atoms with E-state index in [-0.39, 0.29) is 5.97 Å². The van der Waals surface area contributed by atoms with Gasteiger partial charge < -0.3 is 9.15 Å². The van der Waals surface area contributed by atoms with E-state index in [1.807, 2.05) is 25.1 Å². The average Bonchev–Trinajstić information content (AvgIpc) is 2.43. The van der Waals surface area contributed by atoms with Gasteiger partial charge in [-0.2, -0.15) is 0 Å². The molecule has 3 nitrogen and oxygen atoms in total. The molecule has 1 aromatic heterocycles. The molecule has 2 aromatic rings. The van der Waals surface area contributed by atoms with Crippen LogP contribution in [0.3, 0.4) is 0 Å². The maximum Gasteiger partial charge on any atom is 0.308 e. The molecular formula is C12H12O3. The van der Waals surface area contributed by atoms with Crippen LogP contribution in [0, 0.1) is 13.8 Å². The number of carbonyl (C=O) groups excluding carboxylic acids is 1. The van der Waals surface area contributed by atoms with Crippen LogP contribution in [0.2, 0.25) is 0 Å². The molecule has 0 saturated heterocycles. The summed E-state index contributed by atoms with van der Waals surface area (Å²) in [5, 5.41) is 0.850. The first-order valence-electron chi connectivity index (χ1n) is 4.76. The van der Waals surface area contributed by atoms with E-state index in [0.717, 1.165) is 16.5 Å². The van der Waals surface area contributed by atoms with Gasteiger partial charge in [0.2, 0.25) is 0 Å². The Kier molecular flexibility index (Phi) is 2.23. The average molecular weight is 204 g/mol. The molecule has 1 aromatic carbocycles. The summed E-state index contributed by atoms with van der Waals surface area (Å²) in [6, 6.07) is 5.79. The molecule has 3 heteroatoms. The van der Waals surface area contributed by atoms with Crippen molar-refractivity contribution in [3.05, 3.63) is 29.5 Å². The Morgan fingerprint density at radius 1 is 1.33 bits per heavy atom. The molecule has 0 amide bonds. The van der Waals surface area contributed by atoms with Gasteiger partial charge in [0.15, 0.2) is 5.75 Å². The fraction of sp³-hybridized carbons (Fsp3) is 0.250. The second-order valence-electron chi connectivity index (χ2n) is 3.58. The minimum Gasteiger partial charge on any atom is -0.457 e. The summed E-state index contributed by atoms with van der Waals surface area (Å²) in [7, 11) is 0. The van der Waals surface area contributed by atoms with Crippen molar-refractivity contribution in [2.45, 2.75) is 20.8 Å². The monoisotopic (exact) mass is 204 g/mol. The van der Waals surface area contributed by atoms with Crippen LogP contribution in [0.1, 0.15) is 18.2 Å². The Morgan fingerprint density at radius 3 is 2.73 bits per heavy atom. The zero-order valence-electron chi connectivity index (χ0n) is 8.96. The van der Waals surface area contributed by atoms with E-state index >= 15 is 0 Å². The molecule has 0 spiro atoms. The zero-order valence-corrected chi connectivity index (χ0v) is 8.96. The summed E-state index contributed by atoms with van der Waals surface area (Å²) in [5.41, 5.74) is 1.85. The second-order valence-corrected chi connectivity index (χ2v) is 3.58. The Morgan fingerprint density at radius 2 is 2.07 bits per heavy atom. The molecule has 78 valence electrons. The highest BCUT2D eigenvalue weighted by atomic mass is 16.5. The summed E-state index contributed by atoms with van der Waals surface area (Å²) < 4.78 is 10.6. The van der Waals surface area contributed by atoms with Gasteiger partial charge in [0.1, 0.15) is 11.3 Å². The van der Waals surface area contributed by atoms with Gasteiger partial charge in [-0.05, 0) is 26.0 Å². The summed E-state index contributed by atoms with van der Waals surface area (Å²) in [5.74, 6) is 0.828. The number of benzene rings is 1. The molecule has 1 heterocycles. The van der Waals surface area contributed by atoms with Crippen molar-refractivity contribution in [1.82, 2.24) is 0 Å². The first-order valence-corrected chi connectivity index (χ1v) is 4.76. The highest BCUT2D eigenvalue weighted by Gasteiger charge is 2.13. The number of furan rings is 1. The van der Waals surface area contributed by atoms with Crippen molar-refractivity contribution in [3.8, 4) is 5.75 Å². The van der Waals surface area contributed by atoms with E-state index in [9.17, 15) is 4.79 Å². The van der Waals surface area contributed by atoms with Gasteiger partial charge in [0.25, 0.3) is 0 Å². The minimum absolute atomic E-state index is 0.331. The van der Waals surface area contributed by atoms with E-state index in [4.69, 9.17) is 9.15 Å². The maximum absolute atomic E-state index is 10.9. The molecule has 0 aliphatic carbocycles. The number of aryl methyl sites for hydroxylation is 2. The van der Waals surface area contributed by atoms with E-state index in [2.05, 4.69) is 0 Å². The molecule has 0 fully saturated rings. The van der Waals surface area contributed by atoms with Gasteiger partial charge in [-0.3, -0.25) is 4.79 Å². The fourth-order valence-electron chi connectivity index (χ4n) is 1.58. The predicted octanol–water partition coefficient (Wildman–Crippen LogP) is 2.97. The predicted molar refractivity (Wildman–Crippen MR) is 57.0 cm³/mol. The smallest absolute Gasteiger partial charge is 0.308 e. The standard InChI is InChI=1S/C12H12O3/c1-7-4-5-11-10(6-7)12(8(2)14-11)15-9(3)13/h4-6H,1-3H3. The van der Waals surface area contributed by atoms with Crippen LogP contribution in [0.15, 0.2) is 22.6 Å². The molecule has 0 aliphatic heterocycles. The van der Waals surface area contributed by atoms with Crippen LogP contribution in [-0.4, -0.2) is 5.97 Å². The van der Waals surface area contributed by atoms with Crippen molar-refractivity contribution in [3.63, 3.8) is 0 Å². The number of hydrogen-bond donors (Lipinski definition) is 0. The largest absolute Gasteiger partial charge is 0.457 e. The van der Waals surface area contributed by atoms with Crippen LogP contribution >= 0.6 is 0 Å². The van der Waals surface area contributed by atoms with Crippen molar-refractivity contribution >= 4 is 16.9 Å². The molecule has 0 N–H and O–H groups in total. The molecule has 0 saturated carbocycles. The quantitative estimate of drug-likeness (QED) is 0.670. The lowest BCUT2D eigenvalue weighted by Crippen LogP contribution is -2.01. The number of hydrogen-bond acceptors (Lipinski definition) is 3. The number of carbonyl (C=O) groups is 1. The molecule has 0 atom stereocenters. The molecule has 0 radical (unpaired) electrons. The molecular weight excluding hydrogens is 192 g/mol. The van der Waals surface area contributed by atoms with Crippen LogP contribution in [0.25, 0.3) is 11.0 Å². The van der Waals surface area contributed by atoms with Crippen LogP contribution in [0.4, 0.5) is 0 Å². The molecule has 0 unspecified atom stereocenters. The molecule has 0 aliphatic rings. The summed E-state index contributed by atoms with van der Waals surface area (Å²) in [6.45, 7) is 5.15. The van der Waals surface area contributed by atoms with E-state index in [0.29, 0.717) is 11.5 Å². The Bertz CT molecular complexity index is 523. The second kappa shape index (κ2) is 3.42. The third-order valence-corrected chi connectivity index (χ3v) is 2.21. The number of rotatable bonds is 1. The van der Waals surface area contributed by atoms with Gasteiger partial charge in [0.05, 0.1) is 5.39 Å². The molecule has 0 bridgehead atoms. The number of fused-ring (bicyclic) bond motifs is 1. The Balaban J connectivity index is 2.65. The van der Waals surface area contributed by atoms with Crippen LogP contribution in [0.5, 0.6) is 5.75 Å². The summed E-state index contributed by atoms with van der Waals surface area (Å²) in [4.78, 5) is 10.9. The molecule has 15 heavy (non-hydrogen) atoms. The van der Waals surface area contributed by atoms with Crippen LogP contribution in [-0.2, 0) is 4.79 Å². The zero-order chi connectivity index (χ0) is 11.0. The first-order chi connectivity index (χ1) is 7.08. The van der Waals surface area contributed by atoms with Crippen molar-refractivity contribution in [1.29, 1.82) is 0 Å². The van der Waals surface area contributed by atoms with Crippen LogP contribution < -0.4 is 4.74 Å². The SMILES string of the molecule is CC(=O)Oc1c(C)oc2ccc(C)cc12. The number of esters is 1. The Hall–Kier alpha value is -1.77. The minimum atomic E-state index is -0.331. The lowest BCUT2D eigenvalue weighted by atomic mass is 10.2. The fourth-order valence-corrected chi connectivity index (χ4v) is 1.58. The lowest BCUT2D eigenvalue weighted by molar-refractivity contribution is -0.131. The summed E-state index contributed by atoms with van der Waals surface area (Å²) in [6.07, 6.45) is 0. The highest BCUT2D eigenvalue weighted by Crippen LogP contribution is 2.33. The normalized spacial score (nSPS) is 10.6.